The Morgan fingerprint density at radius 3 is 1.79 bits per heavy atom. The van der Waals surface area contributed by atoms with Crippen molar-refractivity contribution in [3.05, 3.63) is 0 Å². The van der Waals surface area contributed by atoms with Crippen LogP contribution in [-0.4, -0.2) is 88.3 Å². The lowest BCUT2D eigenvalue weighted by Gasteiger charge is -2.28. The van der Waals surface area contributed by atoms with E-state index in [1.165, 1.54) is 39.5 Å². The first-order valence-electron chi connectivity index (χ1n) is 10.8. The lowest BCUT2D eigenvalue weighted by Crippen LogP contribution is -2.57. The molecule has 0 aromatic carbocycles. The second kappa shape index (κ2) is 12.1. The number of carbonyl (C=O) groups excluding carboxylic acids is 5. The Bertz CT molecular complexity index is 787. The summed E-state index contributed by atoms with van der Waals surface area (Å²) in [6.07, 6.45) is 0.975. The number of amides is 5. The van der Waals surface area contributed by atoms with Crippen LogP contribution in [0.25, 0.3) is 0 Å². The van der Waals surface area contributed by atoms with Gasteiger partial charge in [0.25, 0.3) is 0 Å². The Balaban J connectivity index is 2.66. The van der Waals surface area contributed by atoms with E-state index in [2.05, 4.69) is 21.3 Å². The van der Waals surface area contributed by atoms with Gasteiger partial charge in [0.2, 0.25) is 29.5 Å². The molecule has 13 heteroatoms. The molecule has 0 aromatic rings. The van der Waals surface area contributed by atoms with Crippen LogP contribution >= 0.6 is 0 Å². The molecule has 0 aromatic heterocycles. The number of rotatable bonds is 10. The van der Waals surface area contributed by atoms with E-state index in [4.69, 9.17) is 10.8 Å². The van der Waals surface area contributed by atoms with Crippen molar-refractivity contribution in [1.29, 1.82) is 0 Å². The van der Waals surface area contributed by atoms with Gasteiger partial charge >= 0.3 is 5.97 Å². The number of aliphatic carboxylic acids is 1. The zero-order valence-electron chi connectivity index (χ0n) is 19.5. The summed E-state index contributed by atoms with van der Waals surface area (Å²) in [5.41, 5.74) is 5.50. The summed E-state index contributed by atoms with van der Waals surface area (Å²) in [5.74, 6) is -4.01. The Hall–Kier alpha value is -3.22. The van der Waals surface area contributed by atoms with Crippen LogP contribution in [0.4, 0.5) is 0 Å². The van der Waals surface area contributed by atoms with E-state index in [1.807, 2.05) is 0 Å². The molecule has 0 radical (unpaired) electrons. The molecule has 1 fully saturated rings. The van der Waals surface area contributed by atoms with Crippen molar-refractivity contribution in [2.24, 2.45) is 5.73 Å². The summed E-state index contributed by atoms with van der Waals surface area (Å²) in [4.78, 5) is 73.7. The molecule has 1 saturated heterocycles. The second-order valence-electron chi connectivity index (χ2n) is 8.24. The van der Waals surface area contributed by atoms with Crippen molar-refractivity contribution in [2.45, 2.75) is 83.7 Å². The minimum Gasteiger partial charge on any atom is -0.480 e. The first kappa shape index (κ1) is 27.8. The SMILES string of the molecule is C[C@H](N)C(=O)N[C@@H](C)C(=O)N1CCC[C@H]1C(=O)N[C@@H](C)C(=O)N[C@@H](C)C(=O)N[C@@H](C)C(=O)O. The first-order chi connectivity index (χ1) is 15.3. The minimum absolute atomic E-state index is 0.328. The number of hydrogen-bond donors (Lipinski definition) is 6. The highest BCUT2D eigenvalue weighted by atomic mass is 16.4. The fourth-order valence-corrected chi connectivity index (χ4v) is 3.14. The van der Waals surface area contributed by atoms with Gasteiger partial charge in [0.15, 0.2) is 0 Å². The van der Waals surface area contributed by atoms with E-state index < -0.39 is 71.8 Å². The zero-order valence-corrected chi connectivity index (χ0v) is 19.5. The number of carboxylic acids is 1. The number of nitrogens with one attached hydrogen (secondary N) is 4. The Labute approximate surface area is 192 Å². The Kier molecular flexibility index (Phi) is 10.2. The van der Waals surface area contributed by atoms with Crippen molar-refractivity contribution in [2.75, 3.05) is 6.54 Å². The maximum Gasteiger partial charge on any atom is 0.325 e. The third kappa shape index (κ3) is 8.00. The van der Waals surface area contributed by atoms with E-state index >= 15 is 0 Å². The van der Waals surface area contributed by atoms with Crippen molar-refractivity contribution in [3.63, 3.8) is 0 Å². The second-order valence-corrected chi connectivity index (χ2v) is 8.24. The van der Waals surface area contributed by atoms with Crippen molar-refractivity contribution < 1.29 is 33.9 Å². The lowest BCUT2D eigenvalue weighted by molar-refractivity contribution is -0.142. The molecule has 0 unspecified atom stereocenters. The summed E-state index contributed by atoms with van der Waals surface area (Å²) in [7, 11) is 0. The van der Waals surface area contributed by atoms with Gasteiger partial charge in [-0.05, 0) is 47.5 Å². The molecule has 13 nitrogen and oxygen atoms in total. The smallest absolute Gasteiger partial charge is 0.325 e. The van der Waals surface area contributed by atoms with Crippen LogP contribution in [0, 0.1) is 0 Å². The van der Waals surface area contributed by atoms with E-state index in [0.717, 1.165) is 0 Å². The fourth-order valence-electron chi connectivity index (χ4n) is 3.14. The average molecular weight is 471 g/mol. The number of likely N-dealkylation sites (tertiary alicyclic amines) is 1. The predicted octanol–water partition coefficient (Wildman–Crippen LogP) is -2.57. The summed E-state index contributed by atoms with van der Waals surface area (Å²) in [5, 5.41) is 18.5. The van der Waals surface area contributed by atoms with Gasteiger partial charge in [-0.3, -0.25) is 28.8 Å². The molecule has 0 spiro atoms. The van der Waals surface area contributed by atoms with E-state index in [0.29, 0.717) is 19.4 Å². The van der Waals surface area contributed by atoms with Crippen LogP contribution in [-0.2, 0) is 28.8 Å². The molecule has 7 N–H and O–H groups in total. The van der Waals surface area contributed by atoms with Crippen LogP contribution in [0.2, 0.25) is 0 Å². The number of nitrogens with zero attached hydrogens (tertiary/aromatic N) is 1. The van der Waals surface area contributed by atoms with Gasteiger partial charge in [-0.25, -0.2) is 0 Å². The largest absolute Gasteiger partial charge is 0.480 e. The lowest BCUT2D eigenvalue weighted by atomic mass is 10.1. The summed E-state index contributed by atoms with van der Waals surface area (Å²) in [6.45, 7) is 7.41. The van der Waals surface area contributed by atoms with Crippen molar-refractivity contribution in [3.8, 4) is 0 Å². The molecule has 1 rings (SSSR count). The van der Waals surface area contributed by atoms with Gasteiger partial charge in [0.05, 0.1) is 6.04 Å². The van der Waals surface area contributed by atoms with Crippen LogP contribution in [0.3, 0.4) is 0 Å². The van der Waals surface area contributed by atoms with Crippen molar-refractivity contribution in [1.82, 2.24) is 26.2 Å². The van der Waals surface area contributed by atoms with Gasteiger partial charge in [-0.15, -0.1) is 0 Å². The molecule has 5 amide bonds. The first-order valence-corrected chi connectivity index (χ1v) is 10.8. The molecule has 6 atom stereocenters. The molecular weight excluding hydrogens is 436 g/mol. The molecule has 33 heavy (non-hydrogen) atoms. The highest BCUT2D eigenvalue weighted by Crippen LogP contribution is 2.19. The molecule has 186 valence electrons. The van der Waals surface area contributed by atoms with Gasteiger partial charge in [-0.1, -0.05) is 0 Å². The molecule has 0 aliphatic carbocycles. The third-order valence-electron chi connectivity index (χ3n) is 5.21. The fraction of sp³-hybridized carbons (Fsp3) is 0.700. The third-order valence-corrected chi connectivity index (χ3v) is 5.21. The van der Waals surface area contributed by atoms with E-state index in [9.17, 15) is 28.8 Å². The molecule has 1 aliphatic heterocycles. The maximum atomic E-state index is 12.7. The van der Waals surface area contributed by atoms with Gasteiger partial charge < -0.3 is 37.0 Å². The van der Waals surface area contributed by atoms with Crippen LogP contribution in [0.15, 0.2) is 0 Å². The number of carboxylic acid groups (broad SMARTS) is 1. The number of carbonyl (C=O) groups is 6. The monoisotopic (exact) mass is 470 g/mol. The van der Waals surface area contributed by atoms with Gasteiger partial charge in [-0.2, -0.15) is 0 Å². The van der Waals surface area contributed by atoms with Crippen molar-refractivity contribution >= 4 is 35.5 Å². The van der Waals surface area contributed by atoms with Crippen LogP contribution in [0.5, 0.6) is 0 Å². The summed E-state index contributed by atoms with van der Waals surface area (Å²) in [6, 6.07) is -5.63. The average Bonchev–Trinajstić information content (AvgIpc) is 3.22. The Morgan fingerprint density at radius 2 is 1.27 bits per heavy atom. The predicted molar refractivity (Wildman–Crippen MR) is 116 cm³/mol. The molecule has 1 heterocycles. The van der Waals surface area contributed by atoms with E-state index in [1.54, 1.807) is 0 Å². The Morgan fingerprint density at radius 1 is 0.788 bits per heavy atom. The number of hydrogen-bond acceptors (Lipinski definition) is 7. The summed E-state index contributed by atoms with van der Waals surface area (Å²) < 4.78 is 0. The number of nitrogens with two attached hydrogens (primary N) is 1. The molecule has 0 bridgehead atoms. The molecule has 1 aliphatic rings. The normalized spacial score (nSPS) is 19.9. The molecule has 0 saturated carbocycles. The topological polar surface area (TPSA) is 200 Å². The van der Waals surface area contributed by atoms with E-state index in [-0.39, 0.29) is 0 Å². The van der Waals surface area contributed by atoms with Crippen LogP contribution < -0.4 is 27.0 Å². The maximum absolute atomic E-state index is 12.7. The van der Waals surface area contributed by atoms with Crippen LogP contribution in [0.1, 0.15) is 47.5 Å². The molecular formula is C20H34N6O7. The van der Waals surface area contributed by atoms with Gasteiger partial charge in [0.1, 0.15) is 30.2 Å². The highest BCUT2D eigenvalue weighted by Gasteiger charge is 2.37. The van der Waals surface area contributed by atoms with Gasteiger partial charge in [0, 0.05) is 6.54 Å². The highest BCUT2D eigenvalue weighted by molar-refractivity contribution is 5.96. The quantitative estimate of drug-likeness (QED) is 0.200. The minimum atomic E-state index is -1.22. The standard InChI is InChI=1S/C20H34N6O7/c1-9(21)15(27)24-12(4)19(31)26-8-6-7-14(26)18(30)23-11(3)16(28)22-10(2)17(29)25-13(5)20(32)33/h9-14H,6-8,21H2,1-5H3,(H,22,28)(H,23,30)(H,24,27)(H,25,29)(H,32,33)/t9-,10-,11-,12-,13-,14-/m0/s1. The zero-order chi connectivity index (χ0) is 25.5. The summed E-state index contributed by atoms with van der Waals surface area (Å²) >= 11 is 0.